The molecule has 1 heterocycles. The second-order valence-electron chi connectivity index (χ2n) is 4.53. The van der Waals surface area contributed by atoms with Crippen LogP contribution >= 0.6 is 27.3 Å². The summed E-state index contributed by atoms with van der Waals surface area (Å²) >= 11 is 5.31. The molecule has 2 rings (SSSR count). The van der Waals surface area contributed by atoms with E-state index in [1.165, 1.54) is 21.4 Å². The highest BCUT2D eigenvalue weighted by atomic mass is 79.9. The van der Waals surface area contributed by atoms with Crippen LogP contribution in [0.2, 0.25) is 0 Å². The van der Waals surface area contributed by atoms with E-state index in [0.717, 1.165) is 16.6 Å². The van der Waals surface area contributed by atoms with Crippen molar-refractivity contribution < 1.29 is 4.39 Å². The van der Waals surface area contributed by atoms with Gasteiger partial charge in [-0.05, 0) is 55.8 Å². The number of rotatable bonds is 4. The SMILES string of the molecule is CCNC(c1cc(F)ccc1Br)c1cc(C)sc1C. The number of nitrogens with one attached hydrogen (secondary N) is 1. The lowest BCUT2D eigenvalue weighted by atomic mass is 9.99. The summed E-state index contributed by atoms with van der Waals surface area (Å²) in [6.45, 7) is 7.12. The molecular formula is C15H17BrFNS. The summed E-state index contributed by atoms with van der Waals surface area (Å²) in [6, 6.07) is 7.06. The molecule has 1 N–H and O–H groups in total. The fourth-order valence-electron chi connectivity index (χ4n) is 2.26. The molecule has 19 heavy (non-hydrogen) atoms. The number of aryl methyl sites for hydroxylation is 2. The maximum Gasteiger partial charge on any atom is 0.123 e. The van der Waals surface area contributed by atoms with E-state index in [1.54, 1.807) is 23.5 Å². The third-order valence-electron chi connectivity index (χ3n) is 3.07. The summed E-state index contributed by atoms with van der Waals surface area (Å²) in [5, 5.41) is 3.45. The van der Waals surface area contributed by atoms with Gasteiger partial charge in [-0.15, -0.1) is 11.3 Å². The zero-order valence-electron chi connectivity index (χ0n) is 11.3. The first-order chi connectivity index (χ1) is 9.02. The molecule has 0 aliphatic carbocycles. The Bertz CT molecular complexity index is 580. The van der Waals surface area contributed by atoms with Gasteiger partial charge in [-0.3, -0.25) is 0 Å². The monoisotopic (exact) mass is 341 g/mol. The smallest absolute Gasteiger partial charge is 0.123 e. The summed E-state index contributed by atoms with van der Waals surface area (Å²) in [5.74, 6) is -0.203. The topological polar surface area (TPSA) is 12.0 Å². The van der Waals surface area contributed by atoms with Crippen LogP contribution in [0.3, 0.4) is 0 Å². The van der Waals surface area contributed by atoms with Crippen LogP contribution in [0.1, 0.15) is 33.8 Å². The van der Waals surface area contributed by atoms with Crippen LogP contribution in [0.15, 0.2) is 28.7 Å². The van der Waals surface area contributed by atoms with Crippen molar-refractivity contribution in [2.24, 2.45) is 0 Å². The Morgan fingerprint density at radius 1 is 1.26 bits per heavy atom. The zero-order valence-corrected chi connectivity index (χ0v) is 13.7. The van der Waals surface area contributed by atoms with Crippen LogP contribution in [-0.2, 0) is 0 Å². The van der Waals surface area contributed by atoms with E-state index in [1.807, 2.05) is 0 Å². The first kappa shape index (κ1) is 14.7. The zero-order chi connectivity index (χ0) is 14.0. The summed E-state index contributed by atoms with van der Waals surface area (Å²) < 4.78 is 14.5. The Balaban J connectivity index is 2.51. The Labute approximate surface area is 126 Å². The molecule has 2 aromatic rings. The van der Waals surface area contributed by atoms with Crippen molar-refractivity contribution in [1.29, 1.82) is 0 Å². The predicted octanol–water partition coefficient (Wildman–Crippen LogP) is 4.97. The fraction of sp³-hybridized carbons (Fsp3) is 0.333. The van der Waals surface area contributed by atoms with Crippen molar-refractivity contribution >= 4 is 27.3 Å². The summed E-state index contributed by atoms with van der Waals surface area (Å²) in [5.41, 5.74) is 2.18. The molecule has 1 atom stereocenters. The van der Waals surface area contributed by atoms with Gasteiger partial charge in [0.15, 0.2) is 0 Å². The van der Waals surface area contributed by atoms with Gasteiger partial charge in [0.1, 0.15) is 5.82 Å². The van der Waals surface area contributed by atoms with Gasteiger partial charge in [0.05, 0.1) is 6.04 Å². The van der Waals surface area contributed by atoms with Crippen LogP contribution in [0.25, 0.3) is 0 Å². The lowest BCUT2D eigenvalue weighted by Crippen LogP contribution is -2.22. The quantitative estimate of drug-likeness (QED) is 0.828. The number of hydrogen-bond donors (Lipinski definition) is 1. The van der Waals surface area contributed by atoms with Gasteiger partial charge in [-0.2, -0.15) is 0 Å². The first-order valence-corrected chi connectivity index (χ1v) is 7.89. The van der Waals surface area contributed by atoms with Crippen LogP contribution < -0.4 is 5.32 Å². The maximum atomic E-state index is 13.5. The van der Waals surface area contributed by atoms with Crippen molar-refractivity contribution in [3.8, 4) is 0 Å². The summed E-state index contributed by atoms with van der Waals surface area (Å²) in [7, 11) is 0. The van der Waals surface area contributed by atoms with Crippen molar-refractivity contribution in [1.82, 2.24) is 5.32 Å². The lowest BCUT2D eigenvalue weighted by Gasteiger charge is -2.20. The molecule has 0 radical (unpaired) electrons. The molecule has 0 saturated heterocycles. The normalized spacial score (nSPS) is 12.7. The molecule has 0 aliphatic rings. The van der Waals surface area contributed by atoms with E-state index in [-0.39, 0.29) is 11.9 Å². The van der Waals surface area contributed by atoms with Crippen molar-refractivity contribution in [3.05, 3.63) is 55.4 Å². The number of halogens is 2. The van der Waals surface area contributed by atoms with Gasteiger partial charge in [0, 0.05) is 14.2 Å². The van der Waals surface area contributed by atoms with Gasteiger partial charge < -0.3 is 5.32 Å². The van der Waals surface area contributed by atoms with Gasteiger partial charge in [-0.1, -0.05) is 22.9 Å². The first-order valence-electron chi connectivity index (χ1n) is 6.28. The lowest BCUT2D eigenvalue weighted by molar-refractivity contribution is 0.601. The maximum absolute atomic E-state index is 13.5. The molecule has 102 valence electrons. The van der Waals surface area contributed by atoms with Crippen LogP contribution in [0, 0.1) is 19.7 Å². The van der Waals surface area contributed by atoms with E-state index in [9.17, 15) is 4.39 Å². The van der Waals surface area contributed by atoms with Crippen molar-refractivity contribution in [3.63, 3.8) is 0 Å². The molecular weight excluding hydrogens is 325 g/mol. The minimum atomic E-state index is -0.203. The number of thiophene rings is 1. The number of hydrogen-bond acceptors (Lipinski definition) is 2. The molecule has 0 bridgehead atoms. The molecule has 1 unspecified atom stereocenters. The van der Waals surface area contributed by atoms with Gasteiger partial charge in [-0.25, -0.2) is 4.39 Å². The standard InChI is InChI=1S/C15H17BrFNS/c1-4-18-15(12-7-9(2)19-10(12)3)13-8-11(17)5-6-14(13)16/h5-8,15,18H,4H2,1-3H3. The predicted molar refractivity (Wildman–Crippen MR) is 83.4 cm³/mol. The van der Waals surface area contributed by atoms with E-state index in [2.05, 4.69) is 48.1 Å². The van der Waals surface area contributed by atoms with Crippen LogP contribution in [-0.4, -0.2) is 6.54 Å². The molecule has 0 spiro atoms. The fourth-order valence-corrected chi connectivity index (χ4v) is 3.70. The Morgan fingerprint density at radius 2 is 2.00 bits per heavy atom. The molecule has 0 amide bonds. The Morgan fingerprint density at radius 3 is 2.58 bits per heavy atom. The summed E-state index contributed by atoms with van der Waals surface area (Å²) in [4.78, 5) is 2.56. The van der Waals surface area contributed by atoms with Crippen molar-refractivity contribution in [2.75, 3.05) is 6.54 Å². The van der Waals surface area contributed by atoms with Crippen LogP contribution in [0.5, 0.6) is 0 Å². The van der Waals surface area contributed by atoms with Gasteiger partial charge in [0.2, 0.25) is 0 Å². The van der Waals surface area contributed by atoms with E-state index < -0.39 is 0 Å². The second-order valence-corrected chi connectivity index (χ2v) is 6.84. The summed E-state index contributed by atoms with van der Waals surface area (Å²) in [6.07, 6.45) is 0. The highest BCUT2D eigenvalue weighted by molar-refractivity contribution is 9.10. The third kappa shape index (κ3) is 3.25. The molecule has 1 nitrogen and oxygen atoms in total. The minimum absolute atomic E-state index is 0.0278. The highest BCUT2D eigenvalue weighted by Crippen LogP contribution is 2.34. The third-order valence-corrected chi connectivity index (χ3v) is 4.77. The van der Waals surface area contributed by atoms with E-state index in [4.69, 9.17) is 0 Å². The average molecular weight is 342 g/mol. The van der Waals surface area contributed by atoms with E-state index in [0.29, 0.717) is 0 Å². The molecule has 4 heteroatoms. The molecule has 1 aromatic carbocycles. The Kier molecular flexibility index (Phi) is 4.76. The highest BCUT2D eigenvalue weighted by Gasteiger charge is 2.19. The van der Waals surface area contributed by atoms with E-state index >= 15 is 0 Å². The minimum Gasteiger partial charge on any atom is -0.306 e. The molecule has 0 saturated carbocycles. The van der Waals surface area contributed by atoms with Gasteiger partial charge >= 0.3 is 0 Å². The Hall–Kier alpha value is -0.710. The van der Waals surface area contributed by atoms with Crippen molar-refractivity contribution in [2.45, 2.75) is 26.8 Å². The molecule has 0 fully saturated rings. The van der Waals surface area contributed by atoms with Crippen LogP contribution in [0.4, 0.5) is 4.39 Å². The number of benzene rings is 1. The second kappa shape index (κ2) is 6.16. The molecule has 0 aliphatic heterocycles. The van der Waals surface area contributed by atoms with Gasteiger partial charge in [0.25, 0.3) is 0 Å². The molecule has 1 aromatic heterocycles. The largest absolute Gasteiger partial charge is 0.306 e. The average Bonchev–Trinajstić information content (AvgIpc) is 2.69.